The molecule has 0 heterocycles. The van der Waals surface area contributed by atoms with Crippen LogP contribution in [-0.2, 0) is 35.0 Å². The summed E-state index contributed by atoms with van der Waals surface area (Å²) in [6.07, 6.45) is 4.83. The van der Waals surface area contributed by atoms with E-state index in [2.05, 4.69) is 16.6 Å². The maximum atomic E-state index is 12.0. The lowest BCUT2D eigenvalue weighted by Crippen LogP contribution is -2.32. The van der Waals surface area contributed by atoms with E-state index in [9.17, 15) is 9.59 Å². The van der Waals surface area contributed by atoms with Gasteiger partial charge in [-0.25, -0.2) is 4.79 Å². The SMILES string of the molecule is C#CCOCCOCCOCCOCCC(=O)Nc1ccc(CNC(=O)OC(C)(C)C)cc1. The highest BCUT2D eigenvalue weighted by atomic mass is 16.6. The number of rotatable bonds is 16. The number of hydrogen-bond donors (Lipinski definition) is 2. The van der Waals surface area contributed by atoms with Crippen LogP contribution in [0.5, 0.6) is 0 Å². The molecule has 0 radical (unpaired) electrons. The van der Waals surface area contributed by atoms with E-state index in [4.69, 9.17) is 30.1 Å². The lowest BCUT2D eigenvalue weighted by molar-refractivity contribution is -0.117. The van der Waals surface area contributed by atoms with Crippen molar-refractivity contribution in [3.8, 4) is 12.3 Å². The summed E-state index contributed by atoms with van der Waals surface area (Å²) < 4.78 is 26.4. The molecule has 0 aliphatic heterocycles. The Morgan fingerprint density at radius 3 is 1.97 bits per heavy atom. The van der Waals surface area contributed by atoms with Crippen molar-refractivity contribution in [2.75, 3.05) is 58.2 Å². The first kappa shape index (κ1) is 28.4. The number of nitrogens with one attached hydrogen (secondary N) is 2. The standard InChI is InChI=1S/C24H36N2O7/c1-5-11-29-13-15-31-17-18-32-16-14-30-12-10-22(27)26-21-8-6-20(7-9-21)19-25-23(28)33-24(2,3)4/h1,6-9H,10-19H2,2-4H3,(H,25,28)(H,26,27). The Morgan fingerprint density at radius 2 is 1.42 bits per heavy atom. The molecule has 0 aromatic heterocycles. The molecule has 0 spiro atoms. The number of carbonyl (C=O) groups is 2. The second-order valence-corrected chi connectivity index (χ2v) is 7.94. The van der Waals surface area contributed by atoms with Gasteiger partial charge in [0.2, 0.25) is 5.91 Å². The van der Waals surface area contributed by atoms with Gasteiger partial charge in [0.15, 0.2) is 0 Å². The lowest BCUT2D eigenvalue weighted by atomic mass is 10.2. The van der Waals surface area contributed by atoms with E-state index in [1.54, 1.807) is 12.1 Å². The fraction of sp³-hybridized carbons (Fsp3) is 0.583. The number of amides is 2. The zero-order chi connectivity index (χ0) is 24.4. The van der Waals surface area contributed by atoms with Crippen LogP contribution in [-0.4, -0.2) is 70.5 Å². The van der Waals surface area contributed by atoms with Crippen molar-refractivity contribution in [1.82, 2.24) is 5.32 Å². The van der Waals surface area contributed by atoms with Crippen LogP contribution in [0.25, 0.3) is 0 Å². The van der Waals surface area contributed by atoms with Crippen molar-refractivity contribution in [3.05, 3.63) is 29.8 Å². The third kappa shape index (κ3) is 16.6. The molecule has 0 aliphatic rings. The maximum Gasteiger partial charge on any atom is 0.407 e. The number of anilines is 1. The summed E-state index contributed by atoms with van der Waals surface area (Å²) in [4.78, 5) is 23.7. The molecule has 2 amide bonds. The highest BCUT2D eigenvalue weighted by Crippen LogP contribution is 2.11. The van der Waals surface area contributed by atoms with Crippen LogP contribution in [0.4, 0.5) is 10.5 Å². The minimum Gasteiger partial charge on any atom is -0.444 e. The first-order valence-corrected chi connectivity index (χ1v) is 10.9. The summed E-state index contributed by atoms with van der Waals surface area (Å²) in [6.45, 7) is 9.05. The minimum absolute atomic E-state index is 0.143. The fourth-order valence-electron chi connectivity index (χ4n) is 2.37. The summed E-state index contributed by atoms with van der Waals surface area (Å²) >= 11 is 0. The predicted molar refractivity (Wildman–Crippen MR) is 125 cm³/mol. The van der Waals surface area contributed by atoms with Crippen molar-refractivity contribution in [3.63, 3.8) is 0 Å². The van der Waals surface area contributed by atoms with E-state index in [1.165, 1.54) is 0 Å². The highest BCUT2D eigenvalue weighted by Gasteiger charge is 2.15. The summed E-state index contributed by atoms with van der Waals surface area (Å²) in [5.41, 5.74) is 1.03. The van der Waals surface area contributed by atoms with Gasteiger partial charge in [0.05, 0.1) is 52.7 Å². The van der Waals surface area contributed by atoms with Gasteiger partial charge < -0.3 is 34.3 Å². The van der Waals surface area contributed by atoms with Gasteiger partial charge in [-0.05, 0) is 38.5 Å². The van der Waals surface area contributed by atoms with Crippen LogP contribution in [0, 0.1) is 12.3 Å². The van der Waals surface area contributed by atoms with Crippen molar-refractivity contribution < 1.29 is 33.3 Å². The van der Waals surface area contributed by atoms with Gasteiger partial charge >= 0.3 is 6.09 Å². The number of hydrogen-bond acceptors (Lipinski definition) is 7. The second-order valence-electron chi connectivity index (χ2n) is 7.94. The van der Waals surface area contributed by atoms with E-state index >= 15 is 0 Å². The fourth-order valence-corrected chi connectivity index (χ4v) is 2.37. The monoisotopic (exact) mass is 464 g/mol. The van der Waals surface area contributed by atoms with Gasteiger partial charge in [-0.15, -0.1) is 6.42 Å². The van der Waals surface area contributed by atoms with Crippen LogP contribution in [0.1, 0.15) is 32.8 Å². The Bertz CT molecular complexity index is 724. The first-order valence-electron chi connectivity index (χ1n) is 10.9. The Kier molecular flexibility index (Phi) is 14.6. The number of ether oxygens (including phenoxy) is 5. The van der Waals surface area contributed by atoms with E-state index in [1.807, 2.05) is 32.9 Å². The lowest BCUT2D eigenvalue weighted by Gasteiger charge is -2.19. The Morgan fingerprint density at radius 1 is 0.879 bits per heavy atom. The average Bonchev–Trinajstić information content (AvgIpc) is 2.75. The average molecular weight is 465 g/mol. The molecule has 0 bridgehead atoms. The third-order valence-electron chi connectivity index (χ3n) is 3.85. The molecule has 9 heteroatoms. The van der Waals surface area contributed by atoms with E-state index in [-0.39, 0.29) is 18.9 Å². The molecule has 9 nitrogen and oxygen atoms in total. The van der Waals surface area contributed by atoms with E-state index < -0.39 is 11.7 Å². The molecule has 0 saturated carbocycles. The van der Waals surface area contributed by atoms with Crippen molar-refractivity contribution in [1.29, 1.82) is 0 Å². The van der Waals surface area contributed by atoms with Gasteiger partial charge in [0.25, 0.3) is 0 Å². The van der Waals surface area contributed by atoms with Crippen molar-refractivity contribution in [2.45, 2.75) is 39.3 Å². The first-order chi connectivity index (χ1) is 15.8. The number of terminal acetylenes is 1. The Labute approximate surface area is 196 Å². The van der Waals surface area contributed by atoms with Crippen LogP contribution in [0.2, 0.25) is 0 Å². The molecule has 1 rings (SSSR count). The van der Waals surface area contributed by atoms with Crippen molar-refractivity contribution in [2.24, 2.45) is 0 Å². The Balaban J connectivity index is 2.04. The molecular formula is C24H36N2O7. The van der Waals surface area contributed by atoms with Crippen LogP contribution >= 0.6 is 0 Å². The molecule has 0 atom stereocenters. The minimum atomic E-state index is -0.539. The molecule has 2 N–H and O–H groups in total. The van der Waals surface area contributed by atoms with Gasteiger partial charge in [-0.3, -0.25) is 4.79 Å². The van der Waals surface area contributed by atoms with Gasteiger partial charge in [-0.1, -0.05) is 18.1 Å². The molecule has 0 unspecified atom stereocenters. The smallest absolute Gasteiger partial charge is 0.407 e. The van der Waals surface area contributed by atoms with Gasteiger partial charge in [0, 0.05) is 12.2 Å². The number of carbonyl (C=O) groups excluding carboxylic acids is 2. The normalized spacial score (nSPS) is 11.0. The number of alkyl carbamates (subject to hydrolysis) is 1. The summed E-state index contributed by atoms with van der Waals surface area (Å²) in [7, 11) is 0. The summed E-state index contributed by atoms with van der Waals surface area (Å²) in [6, 6.07) is 7.22. The molecule has 0 saturated heterocycles. The zero-order valence-electron chi connectivity index (χ0n) is 19.8. The quantitative estimate of drug-likeness (QED) is 0.286. The summed E-state index contributed by atoms with van der Waals surface area (Å²) in [5, 5.41) is 5.50. The third-order valence-corrected chi connectivity index (χ3v) is 3.85. The Hall–Kier alpha value is -2.64. The number of benzene rings is 1. The highest BCUT2D eigenvalue weighted by molar-refractivity contribution is 5.90. The maximum absolute atomic E-state index is 12.0. The van der Waals surface area contributed by atoms with Crippen LogP contribution < -0.4 is 10.6 Å². The molecule has 33 heavy (non-hydrogen) atoms. The molecule has 184 valence electrons. The predicted octanol–water partition coefficient (Wildman–Crippen LogP) is 2.74. The summed E-state index contributed by atoms with van der Waals surface area (Å²) in [5.74, 6) is 2.24. The van der Waals surface area contributed by atoms with E-state index in [0.717, 1.165) is 5.56 Å². The van der Waals surface area contributed by atoms with Gasteiger partial charge in [0.1, 0.15) is 12.2 Å². The van der Waals surface area contributed by atoms with E-state index in [0.29, 0.717) is 58.5 Å². The molecule has 1 aromatic carbocycles. The zero-order valence-corrected chi connectivity index (χ0v) is 19.8. The molecule has 0 fully saturated rings. The topological polar surface area (TPSA) is 104 Å². The molecular weight excluding hydrogens is 428 g/mol. The largest absolute Gasteiger partial charge is 0.444 e. The van der Waals surface area contributed by atoms with Gasteiger partial charge in [-0.2, -0.15) is 0 Å². The van der Waals surface area contributed by atoms with Crippen molar-refractivity contribution >= 4 is 17.7 Å². The van der Waals surface area contributed by atoms with Crippen LogP contribution in [0.3, 0.4) is 0 Å². The molecule has 0 aliphatic carbocycles. The molecule has 1 aromatic rings. The van der Waals surface area contributed by atoms with Crippen LogP contribution in [0.15, 0.2) is 24.3 Å². The second kappa shape index (κ2) is 16.9.